The Balaban J connectivity index is 1.82. The van der Waals surface area contributed by atoms with Crippen molar-refractivity contribution in [3.05, 3.63) is 24.3 Å². The van der Waals surface area contributed by atoms with Crippen LogP contribution >= 0.6 is 11.8 Å². The number of halogens is 2. The molecule has 1 amide bonds. The zero-order chi connectivity index (χ0) is 15.2. The lowest BCUT2D eigenvalue weighted by Gasteiger charge is -2.30. The quantitative estimate of drug-likeness (QED) is 0.842. The third-order valence-electron chi connectivity index (χ3n) is 3.47. The number of amides is 1. The molecule has 1 fully saturated rings. The number of nitrogens with one attached hydrogen (secondary N) is 1. The molecule has 0 saturated carbocycles. The molecule has 116 valence electrons. The summed E-state index contributed by atoms with van der Waals surface area (Å²) in [6.45, 7) is 4.50. The molecule has 3 nitrogen and oxygen atoms in total. The first-order valence-electron chi connectivity index (χ1n) is 7.10. The van der Waals surface area contributed by atoms with E-state index in [0.717, 1.165) is 19.5 Å². The summed E-state index contributed by atoms with van der Waals surface area (Å²) in [5.41, 5.74) is 0.642. The topological polar surface area (TPSA) is 32.3 Å². The molecule has 0 aliphatic carbocycles. The summed E-state index contributed by atoms with van der Waals surface area (Å²) in [7, 11) is 0. The lowest BCUT2D eigenvalue weighted by Crippen LogP contribution is -2.39. The van der Waals surface area contributed by atoms with E-state index in [-0.39, 0.29) is 5.91 Å². The zero-order valence-corrected chi connectivity index (χ0v) is 12.8. The number of anilines is 1. The molecule has 0 radical (unpaired) electrons. The van der Waals surface area contributed by atoms with Crippen LogP contribution in [-0.2, 0) is 4.79 Å². The van der Waals surface area contributed by atoms with E-state index in [9.17, 15) is 13.6 Å². The zero-order valence-electron chi connectivity index (χ0n) is 12.0. The van der Waals surface area contributed by atoms with Crippen molar-refractivity contribution in [3.63, 3.8) is 0 Å². The molecule has 1 aromatic carbocycles. The summed E-state index contributed by atoms with van der Waals surface area (Å²) < 4.78 is 24.4. The van der Waals surface area contributed by atoms with Crippen LogP contribution in [0.3, 0.4) is 0 Å². The van der Waals surface area contributed by atoms with Crippen LogP contribution in [0.15, 0.2) is 29.2 Å². The molecule has 1 saturated heterocycles. The Hall–Kier alpha value is -1.14. The number of carbonyl (C=O) groups excluding carboxylic acids is 1. The van der Waals surface area contributed by atoms with Crippen LogP contribution in [0.25, 0.3) is 0 Å². The summed E-state index contributed by atoms with van der Waals surface area (Å²) in [5, 5.41) is 2.81. The Morgan fingerprint density at radius 3 is 2.76 bits per heavy atom. The lowest BCUT2D eigenvalue weighted by molar-refractivity contribution is -0.117. The van der Waals surface area contributed by atoms with Crippen molar-refractivity contribution in [2.75, 3.05) is 25.0 Å². The van der Waals surface area contributed by atoms with Gasteiger partial charge in [-0.3, -0.25) is 9.69 Å². The number of nitrogens with zero attached hydrogens (tertiary/aromatic N) is 1. The van der Waals surface area contributed by atoms with Gasteiger partial charge in [-0.2, -0.15) is 8.78 Å². The second-order valence-electron chi connectivity index (χ2n) is 5.43. The largest absolute Gasteiger partial charge is 0.325 e. The third-order valence-corrected chi connectivity index (χ3v) is 4.19. The van der Waals surface area contributed by atoms with E-state index < -0.39 is 5.76 Å². The Morgan fingerprint density at radius 2 is 2.14 bits per heavy atom. The average molecular weight is 314 g/mol. The predicted molar refractivity (Wildman–Crippen MR) is 81.8 cm³/mol. The van der Waals surface area contributed by atoms with Crippen molar-refractivity contribution in [1.29, 1.82) is 0 Å². The minimum absolute atomic E-state index is 0.0571. The smallest absolute Gasteiger partial charge is 0.288 e. The molecule has 0 bridgehead atoms. The maximum Gasteiger partial charge on any atom is 0.288 e. The van der Waals surface area contributed by atoms with Gasteiger partial charge in [0.2, 0.25) is 5.91 Å². The molecule has 0 spiro atoms. The van der Waals surface area contributed by atoms with Gasteiger partial charge >= 0.3 is 0 Å². The molecule has 1 atom stereocenters. The van der Waals surface area contributed by atoms with Gasteiger partial charge in [0.25, 0.3) is 5.76 Å². The number of hydrogen-bond donors (Lipinski definition) is 1. The van der Waals surface area contributed by atoms with Crippen LogP contribution in [0.2, 0.25) is 0 Å². The van der Waals surface area contributed by atoms with Crippen molar-refractivity contribution in [2.24, 2.45) is 5.92 Å². The highest BCUT2D eigenvalue weighted by Crippen LogP contribution is 2.26. The SMILES string of the molecule is C[C@H]1CCCN(CC(=O)Nc2ccc(SC(F)F)cc2)C1. The summed E-state index contributed by atoms with van der Waals surface area (Å²) in [5.74, 6) is -1.85. The van der Waals surface area contributed by atoms with Gasteiger partial charge in [0.05, 0.1) is 6.54 Å². The number of thioether (sulfide) groups is 1. The maximum absolute atomic E-state index is 12.2. The van der Waals surface area contributed by atoms with Crippen molar-refractivity contribution >= 4 is 23.4 Å². The van der Waals surface area contributed by atoms with E-state index in [4.69, 9.17) is 0 Å². The molecule has 1 aliphatic heterocycles. The molecule has 2 rings (SSSR count). The second kappa shape index (κ2) is 7.75. The molecular formula is C15H20F2N2OS. The number of benzene rings is 1. The van der Waals surface area contributed by atoms with Gasteiger partial charge in [-0.1, -0.05) is 18.7 Å². The molecule has 1 heterocycles. The van der Waals surface area contributed by atoms with Crippen LogP contribution in [0, 0.1) is 5.92 Å². The Bertz CT molecular complexity index is 467. The summed E-state index contributed by atoms with van der Waals surface area (Å²) in [6.07, 6.45) is 2.36. The normalized spacial score (nSPS) is 19.7. The van der Waals surface area contributed by atoms with Crippen molar-refractivity contribution in [2.45, 2.75) is 30.4 Å². The first kappa shape index (κ1) is 16.2. The first-order valence-corrected chi connectivity index (χ1v) is 7.98. The highest BCUT2D eigenvalue weighted by atomic mass is 32.2. The van der Waals surface area contributed by atoms with Crippen LogP contribution in [0.4, 0.5) is 14.5 Å². The number of likely N-dealkylation sites (tertiary alicyclic amines) is 1. The molecule has 1 aromatic rings. The molecular weight excluding hydrogens is 294 g/mol. The fraction of sp³-hybridized carbons (Fsp3) is 0.533. The molecule has 0 aromatic heterocycles. The summed E-state index contributed by atoms with van der Waals surface area (Å²) >= 11 is 0.500. The standard InChI is InChI=1S/C15H20F2N2OS/c1-11-3-2-8-19(9-11)10-14(20)18-12-4-6-13(7-5-12)21-15(16)17/h4-7,11,15H,2-3,8-10H2,1H3,(H,18,20)/t11-/m0/s1. The van der Waals surface area contributed by atoms with Gasteiger partial charge in [-0.25, -0.2) is 0 Å². The van der Waals surface area contributed by atoms with E-state index >= 15 is 0 Å². The summed E-state index contributed by atoms with van der Waals surface area (Å²) in [6, 6.07) is 6.49. The fourth-order valence-corrected chi connectivity index (χ4v) is 3.05. The van der Waals surface area contributed by atoms with Crippen LogP contribution in [0.1, 0.15) is 19.8 Å². The first-order chi connectivity index (χ1) is 10.0. The van der Waals surface area contributed by atoms with E-state index in [0.29, 0.717) is 34.8 Å². The Morgan fingerprint density at radius 1 is 1.43 bits per heavy atom. The number of alkyl halides is 2. The molecule has 0 unspecified atom stereocenters. The third kappa shape index (κ3) is 5.63. The van der Waals surface area contributed by atoms with Crippen LogP contribution < -0.4 is 5.32 Å². The number of hydrogen-bond acceptors (Lipinski definition) is 3. The number of carbonyl (C=O) groups is 1. The lowest BCUT2D eigenvalue weighted by atomic mass is 10.0. The predicted octanol–water partition coefficient (Wildman–Crippen LogP) is 3.67. The fourth-order valence-electron chi connectivity index (χ4n) is 2.55. The molecule has 6 heteroatoms. The highest BCUT2D eigenvalue weighted by molar-refractivity contribution is 7.99. The van der Waals surface area contributed by atoms with Crippen molar-refractivity contribution < 1.29 is 13.6 Å². The van der Waals surface area contributed by atoms with Gasteiger partial charge in [0.15, 0.2) is 0 Å². The minimum Gasteiger partial charge on any atom is -0.325 e. The minimum atomic E-state index is -2.42. The molecule has 1 aliphatic rings. The van der Waals surface area contributed by atoms with Crippen LogP contribution in [-0.4, -0.2) is 36.2 Å². The second-order valence-corrected chi connectivity index (χ2v) is 6.50. The van der Waals surface area contributed by atoms with Gasteiger partial charge < -0.3 is 5.32 Å². The van der Waals surface area contributed by atoms with E-state index in [2.05, 4.69) is 17.1 Å². The van der Waals surface area contributed by atoms with Gasteiger partial charge in [0.1, 0.15) is 0 Å². The Kier molecular flexibility index (Phi) is 5.99. The van der Waals surface area contributed by atoms with Gasteiger partial charge in [0, 0.05) is 17.1 Å². The monoisotopic (exact) mass is 314 g/mol. The Labute approximate surface area is 128 Å². The number of rotatable bonds is 5. The summed E-state index contributed by atoms with van der Waals surface area (Å²) in [4.78, 5) is 14.6. The van der Waals surface area contributed by atoms with E-state index in [1.807, 2.05) is 0 Å². The van der Waals surface area contributed by atoms with Crippen LogP contribution in [0.5, 0.6) is 0 Å². The van der Waals surface area contributed by atoms with Gasteiger partial charge in [-0.15, -0.1) is 0 Å². The average Bonchev–Trinajstić information content (AvgIpc) is 2.40. The molecule has 21 heavy (non-hydrogen) atoms. The van der Waals surface area contributed by atoms with E-state index in [1.165, 1.54) is 6.42 Å². The van der Waals surface area contributed by atoms with Crippen molar-refractivity contribution in [1.82, 2.24) is 4.90 Å². The maximum atomic E-state index is 12.2. The van der Waals surface area contributed by atoms with Gasteiger partial charge in [-0.05, 0) is 49.6 Å². The highest BCUT2D eigenvalue weighted by Gasteiger charge is 2.18. The molecule has 1 N–H and O–H groups in total. The van der Waals surface area contributed by atoms with E-state index in [1.54, 1.807) is 24.3 Å². The number of piperidine rings is 1. The van der Waals surface area contributed by atoms with Crippen molar-refractivity contribution in [3.8, 4) is 0 Å².